The van der Waals surface area contributed by atoms with E-state index in [1.807, 2.05) is 0 Å². The molecule has 1 nitrogen and oxygen atoms in total. The molecule has 1 aliphatic rings. The predicted octanol–water partition coefficient (Wildman–Crippen LogP) is 6.16. The average Bonchev–Trinajstić information content (AvgIpc) is 2.23. The Morgan fingerprint density at radius 3 is 1.86 bits per heavy atom. The fourth-order valence-electron chi connectivity index (χ4n) is 3.38. The van der Waals surface area contributed by atoms with Crippen LogP contribution in [0.2, 0.25) is 65.2 Å². The normalized spacial score (nSPS) is 17.9. The van der Waals surface area contributed by atoms with Crippen molar-refractivity contribution in [2.45, 2.75) is 85.0 Å². The van der Waals surface area contributed by atoms with Gasteiger partial charge >= 0.3 is 6.92 Å². The van der Waals surface area contributed by atoms with Crippen molar-refractivity contribution in [3.8, 4) is 0 Å². The second-order valence-electron chi connectivity index (χ2n) is 9.80. The third kappa shape index (κ3) is 5.66. The van der Waals surface area contributed by atoms with Gasteiger partial charge in [0, 0.05) is 0 Å². The van der Waals surface area contributed by atoms with Crippen LogP contribution in [-0.2, 0) is 4.34 Å². The van der Waals surface area contributed by atoms with Crippen LogP contribution < -0.4 is 0 Å². The van der Waals surface area contributed by atoms with Crippen molar-refractivity contribution in [2.24, 2.45) is 0 Å². The van der Waals surface area contributed by atoms with E-state index in [1.165, 1.54) is 12.8 Å². The number of hydrogen-bond acceptors (Lipinski definition) is 1. The molecule has 1 heterocycles. The van der Waals surface area contributed by atoms with Crippen molar-refractivity contribution in [3.05, 3.63) is 21.9 Å². The lowest BCUT2D eigenvalue weighted by Crippen LogP contribution is -2.47. The summed E-state index contributed by atoms with van der Waals surface area (Å²) in [5.74, 6) is 0. The van der Waals surface area contributed by atoms with E-state index >= 15 is 0 Å². The standard InChI is InChI=1S/C17H37BOSi3/c1-11-12-15-13-16(20(2,3)4)17(21(5,6)7)18(14-15)19-22(8,9)10/h13H,11-12,14H2,1-10H3. The van der Waals surface area contributed by atoms with Crippen LogP contribution in [0.1, 0.15) is 19.8 Å². The molecule has 0 N–H and O–H groups in total. The molecule has 126 valence electrons. The first kappa shape index (κ1) is 20.2. The van der Waals surface area contributed by atoms with Crippen LogP contribution in [0.25, 0.3) is 0 Å². The van der Waals surface area contributed by atoms with Gasteiger partial charge in [0.1, 0.15) is 0 Å². The molecule has 5 heteroatoms. The molecule has 0 aromatic heterocycles. The van der Waals surface area contributed by atoms with Crippen molar-refractivity contribution >= 4 is 31.4 Å². The minimum atomic E-state index is -1.53. The zero-order valence-electron chi connectivity index (χ0n) is 16.7. The molecule has 0 saturated heterocycles. The van der Waals surface area contributed by atoms with Gasteiger partial charge in [-0.25, -0.2) is 0 Å². The summed E-state index contributed by atoms with van der Waals surface area (Å²) in [5, 5.41) is 3.44. The Labute approximate surface area is 142 Å². The van der Waals surface area contributed by atoms with Crippen molar-refractivity contribution in [2.75, 3.05) is 0 Å². The van der Waals surface area contributed by atoms with Gasteiger partial charge in [-0.3, -0.25) is 0 Å². The van der Waals surface area contributed by atoms with E-state index in [1.54, 1.807) is 15.9 Å². The SMILES string of the molecule is CCCC1=CC([Si](C)(C)C)=C([Si](C)(C)C)B(O[Si](C)(C)C)C1. The molecule has 0 amide bonds. The predicted molar refractivity (Wildman–Crippen MR) is 112 cm³/mol. The lowest BCUT2D eigenvalue weighted by Gasteiger charge is -2.39. The number of hydrogen-bond donors (Lipinski definition) is 0. The van der Waals surface area contributed by atoms with E-state index in [0.29, 0.717) is 6.92 Å². The van der Waals surface area contributed by atoms with E-state index in [-0.39, 0.29) is 0 Å². The molecule has 1 rings (SSSR count). The van der Waals surface area contributed by atoms with Gasteiger partial charge in [0.25, 0.3) is 0 Å². The van der Waals surface area contributed by atoms with Gasteiger partial charge in [-0.15, -0.1) is 0 Å². The van der Waals surface area contributed by atoms with E-state index in [0.717, 1.165) is 6.32 Å². The van der Waals surface area contributed by atoms with Gasteiger partial charge in [0.2, 0.25) is 0 Å². The van der Waals surface area contributed by atoms with Crippen LogP contribution in [0.15, 0.2) is 21.9 Å². The molecule has 0 aromatic carbocycles. The summed E-state index contributed by atoms with van der Waals surface area (Å²) in [5.41, 5.74) is 1.63. The molecule has 0 radical (unpaired) electrons. The quantitative estimate of drug-likeness (QED) is 0.520. The van der Waals surface area contributed by atoms with Crippen molar-refractivity contribution in [1.82, 2.24) is 0 Å². The zero-order chi connectivity index (χ0) is 17.3. The van der Waals surface area contributed by atoms with Gasteiger partial charge < -0.3 is 4.34 Å². The molecular formula is C17H37BOSi3. The summed E-state index contributed by atoms with van der Waals surface area (Å²) >= 11 is 0. The minimum Gasteiger partial charge on any atom is -0.473 e. The summed E-state index contributed by atoms with van der Waals surface area (Å²) in [4.78, 5) is 0. The van der Waals surface area contributed by atoms with Gasteiger partial charge in [-0.2, -0.15) is 0 Å². The highest BCUT2D eigenvalue weighted by atomic mass is 28.4. The first-order valence-corrected chi connectivity index (χ1v) is 19.3. The first-order chi connectivity index (χ1) is 9.75. The summed E-state index contributed by atoms with van der Waals surface area (Å²) in [6, 6.07) is 0. The van der Waals surface area contributed by atoms with Crippen LogP contribution in [0.3, 0.4) is 0 Å². The minimum absolute atomic E-state index is 0.367. The molecule has 0 aliphatic carbocycles. The molecule has 22 heavy (non-hydrogen) atoms. The summed E-state index contributed by atoms with van der Waals surface area (Å²) in [7, 11) is -4.25. The summed E-state index contributed by atoms with van der Waals surface area (Å²) in [6.07, 6.45) is 6.21. The Morgan fingerprint density at radius 2 is 1.50 bits per heavy atom. The second-order valence-corrected chi connectivity index (χ2v) is 24.3. The van der Waals surface area contributed by atoms with E-state index in [4.69, 9.17) is 4.34 Å². The number of rotatable bonds is 6. The summed E-state index contributed by atoms with van der Waals surface area (Å²) in [6.45, 7) is 24.7. The molecular weight excluding hydrogens is 315 g/mol. The van der Waals surface area contributed by atoms with Crippen molar-refractivity contribution < 1.29 is 4.34 Å². The van der Waals surface area contributed by atoms with Crippen LogP contribution in [0, 0.1) is 0 Å². The maximum Gasteiger partial charge on any atom is 0.311 e. The molecule has 0 saturated carbocycles. The third-order valence-corrected chi connectivity index (χ3v) is 9.57. The Bertz CT molecular complexity index is 462. The first-order valence-electron chi connectivity index (χ1n) is 8.88. The molecule has 0 unspecified atom stereocenters. The van der Waals surface area contributed by atoms with Crippen molar-refractivity contribution in [3.63, 3.8) is 0 Å². The summed E-state index contributed by atoms with van der Waals surface area (Å²) < 4.78 is 6.72. The molecule has 0 aromatic rings. The Hall–Kier alpha value is 0.156. The lowest BCUT2D eigenvalue weighted by molar-refractivity contribution is 0.578. The topological polar surface area (TPSA) is 9.23 Å². The molecule has 0 spiro atoms. The zero-order valence-corrected chi connectivity index (χ0v) is 19.7. The fourth-order valence-corrected chi connectivity index (χ4v) is 10.4. The number of allylic oxidation sites excluding steroid dienone is 3. The highest BCUT2D eigenvalue weighted by molar-refractivity contribution is 7.01. The Balaban J connectivity index is 3.44. The maximum absolute atomic E-state index is 6.72. The van der Waals surface area contributed by atoms with Crippen LogP contribution in [0.5, 0.6) is 0 Å². The van der Waals surface area contributed by atoms with Gasteiger partial charge in [-0.1, -0.05) is 74.6 Å². The maximum atomic E-state index is 6.72. The van der Waals surface area contributed by atoms with Gasteiger partial charge in [0.05, 0.1) is 16.1 Å². The fraction of sp³-hybridized carbons (Fsp3) is 0.765. The highest BCUT2D eigenvalue weighted by Crippen LogP contribution is 2.37. The smallest absolute Gasteiger partial charge is 0.311 e. The van der Waals surface area contributed by atoms with Crippen LogP contribution in [0.4, 0.5) is 0 Å². The largest absolute Gasteiger partial charge is 0.473 e. The third-order valence-electron chi connectivity index (χ3n) is 4.09. The highest BCUT2D eigenvalue weighted by Gasteiger charge is 2.41. The van der Waals surface area contributed by atoms with Gasteiger partial charge in [0.15, 0.2) is 8.32 Å². The Morgan fingerprint density at radius 1 is 0.955 bits per heavy atom. The molecule has 0 atom stereocenters. The van der Waals surface area contributed by atoms with Crippen molar-refractivity contribution in [1.29, 1.82) is 0 Å². The monoisotopic (exact) mass is 352 g/mol. The molecule has 0 bridgehead atoms. The molecule has 0 fully saturated rings. The lowest BCUT2D eigenvalue weighted by atomic mass is 9.59. The van der Waals surface area contributed by atoms with Crippen LogP contribution >= 0.6 is 0 Å². The second kappa shape index (κ2) is 6.95. The van der Waals surface area contributed by atoms with E-state index in [2.05, 4.69) is 71.9 Å². The van der Waals surface area contributed by atoms with Crippen LogP contribution in [-0.4, -0.2) is 31.4 Å². The van der Waals surface area contributed by atoms with E-state index < -0.39 is 24.5 Å². The Kier molecular flexibility index (Phi) is 6.39. The van der Waals surface area contributed by atoms with Gasteiger partial charge in [-0.05, 0) is 32.4 Å². The average molecular weight is 353 g/mol. The molecule has 1 aliphatic heterocycles. The van der Waals surface area contributed by atoms with E-state index in [9.17, 15) is 0 Å².